The van der Waals surface area contributed by atoms with E-state index in [4.69, 9.17) is 4.74 Å². The summed E-state index contributed by atoms with van der Waals surface area (Å²) in [5.41, 5.74) is 1.01. The van der Waals surface area contributed by atoms with Crippen LogP contribution in [0.25, 0.3) is 0 Å². The Morgan fingerprint density at radius 3 is 2.06 bits per heavy atom. The van der Waals surface area contributed by atoms with Gasteiger partial charge in [0, 0.05) is 36.6 Å². The molecule has 3 rings (SSSR count). The number of carbonyl (C=O) groups is 3. The van der Waals surface area contributed by atoms with Crippen molar-refractivity contribution in [1.29, 1.82) is 0 Å². The second kappa shape index (κ2) is 11.4. The predicted molar refractivity (Wildman–Crippen MR) is 117 cm³/mol. The molecule has 4 N–H and O–H groups in total. The maximum absolute atomic E-state index is 12.2. The van der Waals surface area contributed by atoms with Crippen LogP contribution < -0.4 is 26.0 Å². The number of hydrogen-bond donors (Lipinski definition) is 4. The second-order valence-corrected chi connectivity index (χ2v) is 7.28. The molecule has 1 fully saturated rings. The molecular formula is C22H23F3N4O5. The number of nitrogens with one attached hydrogen (secondary N) is 4. The van der Waals surface area contributed by atoms with E-state index in [9.17, 15) is 27.6 Å². The third-order valence-electron chi connectivity index (χ3n) is 4.68. The monoisotopic (exact) mass is 480 g/mol. The minimum atomic E-state index is -4.80. The van der Waals surface area contributed by atoms with E-state index in [0.29, 0.717) is 24.3 Å². The van der Waals surface area contributed by atoms with Crippen molar-refractivity contribution in [2.75, 3.05) is 30.3 Å². The number of halogens is 3. The average molecular weight is 480 g/mol. The van der Waals surface area contributed by atoms with Crippen molar-refractivity contribution >= 4 is 29.2 Å². The third kappa shape index (κ3) is 7.96. The van der Waals surface area contributed by atoms with Crippen LogP contribution in [0.3, 0.4) is 0 Å². The lowest BCUT2D eigenvalue weighted by Gasteiger charge is -2.11. The standard InChI is InChI=1S/C22H23F3N4O5/c23-22(24,25)34-17-9-7-16(8-10-17)29-21(32)28-15-5-3-14(4-6-15)19(30)26-11-12-27-20(31)18-2-1-13-33-18/h3-10,18H,1-2,11-13H2,(H,26,30)(H,27,31)(H2,28,29,32). The van der Waals surface area contributed by atoms with Gasteiger partial charge in [0.05, 0.1) is 0 Å². The largest absolute Gasteiger partial charge is 0.573 e. The summed E-state index contributed by atoms with van der Waals surface area (Å²) in [7, 11) is 0. The van der Waals surface area contributed by atoms with Crippen LogP contribution >= 0.6 is 0 Å². The number of alkyl halides is 3. The van der Waals surface area contributed by atoms with Gasteiger partial charge in [-0.1, -0.05) is 0 Å². The molecule has 34 heavy (non-hydrogen) atoms. The fraction of sp³-hybridized carbons (Fsp3) is 0.318. The van der Waals surface area contributed by atoms with Gasteiger partial charge < -0.3 is 30.7 Å². The Labute approximate surface area is 193 Å². The van der Waals surface area contributed by atoms with Gasteiger partial charge in [0.2, 0.25) is 5.91 Å². The highest BCUT2D eigenvalue weighted by Gasteiger charge is 2.31. The molecule has 9 nitrogen and oxygen atoms in total. The first-order chi connectivity index (χ1) is 16.2. The van der Waals surface area contributed by atoms with Gasteiger partial charge in [-0.15, -0.1) is 13.2 Å². The Kier molecular flexibility index (Phi) is 8.30. The van der Waals surface area contributed by atoms with Crippen LogP contribution in [-0.2, 0) is 9.53 Å². The Morgan fingerprint density at radius 1 is 0.912 bits per heavy atom. The zero-order chi connectivity index (χ0) is 24.6. The average Bonchev–Trinajstić information content (AvgIpc) is 3.32. The van der Waals surface area contributed by atoms with E-state index < -0.39 is 24.2 Å². The highest BCUT2D eigenvalue weighted by Crippen LogP contribution is 2.24. The zero-order valence-electron chi connectivity index (χ0n) is 17.9. The normalized spacial score (nSPS) is 15.3. The summed E-state index contributed by atoms with van der Waals surface area (Å²) in [4.78, 5) is 36.1. The lowest BCUT2D eigenvalue weighted by molar-refractivity contribution is -0.274. The molecule has 1 aliphatic rings. The number of hydrogen-bond acceptors (Lipinski definition) is 5. The van der Waals surface area contributed by atoms with E-state index >= 15 is 0 Å². The summed E-state index contributed by atoms with van der Waals surface area (Å²) < 4.78 is 45.6. The van der Waals surface area contributed by atoms with Crippen molar-refractivity contribution in [3.8, 4) is 5.75 Å². The molecular weight excluding hydrogens is 457 g/mol. The number of amides is 4. The van der Waals surface area contributed by atoms with Gasteiger partial charge in [-0.3, -0.25) is 9.59 Å². The molecule has 0 radical (unpaired) electrons. The summed E-state index contributed by atoms with van der Waals surface area (Å²) in [6.07, 6.45) is -3.67. The SMILES string of the molecule is O=C(Nc1ccc(OC(F)(F)F)cc1)Nc1ccc(C(=O)NCCNC(=O)C2CCCO2)cc1. The highest BCUT2D eigenvalue weighted by molar-refractivity contribution is 6.00. The minimum Gasteiger partial charge on any atom is -0.406 e. The Bertz CT molecular complexity index is 991. The van der Waals surface area contributed by atoms with Crippen molar-refractivity contribution in [1.82, 2.24) is 10.6 Å². The van der Waals surface area contributed by atoms with E-state index in [2.05, 4.69) is 26.0 Å². The van der Waals surface area contributed by atoms with Gasteiger partial charge in [-0.25, -0.2) is 4.79 Å². The summed E-state index contributed by atoms with van der Waals surface area (Å²) in [6, 6.07) is 10.1. The summed E-state index contributed by atoms with van der Waals surface area (Å²) in [5, 5.41) is 10.4. The van der Waals surface area contributed by atoms with Crippen LogP contribution in [-0.4, -0.2) is 50.0 Å². The van der Waals surface area contributed by atoms with E-state index in [1.165, 1.54) is 36.4 Å². The van der Waals surface area contributed by atoms with Crippen LogP contribution in [0.15, 0.2) is 48.5 Å². The van der Waals surface area contributed by atoms with Crippen molar-refractivity contribution < 1.29 is 37.0 Å². The molecule has 0 bridgehead atoms. The van der Waals surface area contributed by atoms with Gasteiger partial charge >= 0.3 is 12.4 Å². The van der Waals surface area contributed by atoms with Gasteiger partial charge in [0.15, 0.2) is 0 Å². The summed E-state index contributed by atoms with van der Waals surface area (Å²) >= 11 is 0. The van der Waals surface area contributed by atoms with E-state index in [0.717, 1.165) is 18.6 Å². The Morgan fingerprint density at radius 2 is 1.50 bits per heavy atom. The third-order valence-corrected chi connectivity index (χ3v) is 4.68. The fourth-order valence-electron chi connectivity index (χ4n) is 3.10. The second-order valence-electron chi connectivity index (χ2n) is 7.28. The van der Waals surface area contributed by atoms with Gasteiger partial charge in [0.25, 0.3) is 5.91 Å². The summed E-state index contributed by atoms with van der Waals surface area (Å²) in [6.45, 7) is 1.09. The summed E-state index contributed by atoms with van der Waals surface area (Å²) in [5.74, 6) is -0.938. The van der Waals surface area contributed by atoms with Crippen LogP contribution in [0.1, 0.15) is 23.2 Å². The topological polar surface area (TPSA) is 118 Å². The maximum Gasteiger partial charge on any atom is 0.573 e. The van der Waals surface area contributed by atoms with Crippen LogP contribution in [0, 0.1) is 0 Å². The molecule has 1 aliphatic heterocycles. The molecule has 0 saturated carbocycles. The van der Waals surface area contributed by atoms with Crippen molar-refractivity contribution in [2.45, 2.75) is 25.3 Å². The Hall–Kier alpha value is -3.80. The van der Waals surface area contributed by atoms with E-state index in [1.54, 1.807) is 0 Å². The number of ether oxygens (including phenoxy) is 2. The van der Waals surface area contributed by atoms with Gasteiger partial charge in [-0.2, -0.15) is 0 Å². The number of anilines is 2. The van der Waals surface area contributed by atoms with Gasteiger partial charge in [-0.05, 0) is 61.4 Å². The zero-order valence-corrected chi connectivity index (χ0v) is 17.9. The number of benzene rings is 2. The molecule has 1 unspecified atom stereocenters. The van der Waals surface area contributed by atoms with Crippen molar-refractivity contribution in [3.05, 3.63) is 54.1 Å². The molecule has 2 aromatic carbocycles. The molecule has 182 valence electrons. The van der Waals surface area contributed by atoms with E-state index in [-0.39, 0.29) is 30.6 Å². The molecule has 1 heterocycles. The number of carbonyl (C=O) groups excluding carboxylic acids is 3. The molecule has 1 saturated heterocycles. The molecule has 1 atom stereocenters. The lowest BCUT2D eigenvalue weighted by atomic mass is 10.2. The van der Waals surface area contributed by atoms with Gasteiger partial charge in [0.1, 0.15) is 11.9 Å². The highest BCUT2D eigenvalue weighted by atomic mass is 19.4. The lowest BCUT2D eigenvalue weighted by Crippen LogP contribution is -2.39. The first kappa shape index (κ1) is 24.8. The molecule has 4 amide bonds. The van der Waals surface area contributed by atoms with E-state index in [1.807, 2.05) is 0 Å². The fourth-order valence-corrected chi connectivity index (χ4v) is 3.10. The number of rotatable bonds is 8. The first-order valence-corrected chi connectivity index (χ1v) is 10.4. The quantitative estimate of drug-likeness (QED) is 0.433. The molecule has 0 spiro atoms. The number of urea groups is 1. The van der Waals surface area contributed by atoms with Crippen molar-refractivity contribution in [3.63, 3.8) is 0 Å². The molecule has 0 aliphatic carbocycles. The van der Waals surface area contributed by atoms with Crippen LogP contribution in [0.5, 0.6) is 5.75 Å². The van der Waals surface area contributed by atoms with Crippen molar-refractivity contribution in [2.24, 2.45) is 0 Å². The maximum atomic E-state index is 12.2. The smallest absolute Gasteiger partial charge is 0.406 e. The molecule has 0 aromatic heterocycles. The van der Waals surface area contributed by atoms with Crippen LogP contribution in [0.4, 0.5) is 29.3 Å². The Balaban J connectivity index is 1.39. The molecule has 12 heteroatoms. The minimum absolute atomic E-state index is 0.189. The predicted octanol–water partition coefficient (Wildman–Crippen LogP) is 3.25. The first-order valence-electron chi connectivity index (χ1n) is 10.4. The molecule has 2 aromatic rings. The van der Waals surface area contributed by atoms with Crippen LogP contribution in [0.2, 0.25) is 0 Å².